The number of aliphatic imine (C=N–C) groups is 2. The molecule has 96 valence electrons. The lowest BCUT2D eigenvalue weighted by Crippen LogP contribution is -2.02. The molecule has 0 saturated heterocycles. The summed E-state index contributed by atoms with van der Waals surface area (Å²) < 4.78 is 28.3. The van der Waals surface area contributed by atoms with Crippen molar-refractivity contribution < 1.29 is 13.5 Å². The van der Waals surface area contributed by atoms with Crippen LogP contribution in [0.2, 0.25) is 0 Å². The van der Waals surface area contributed by atoms with E-state index in [1.165, 1.54) is 12.1 Å². The van der Waals surface area contributed by atoms with Crippen LogP contribution in [-0.2, 0) is 0 Å². The SMILES string of the molecule is CCCC1=NC(c2ccc(OC(F)F)cc2)=NC1. The van der Waals surface area contributed by atoms with Crippen LogP contribution in [0.3, 0.4) is 0 Å². The quantitative estimate of drug-likeness (QED) is 0.791. The number of alkyl halides is 2. The standard InChI is InChI=1S/C13H14F2N2O/c1-2-3-10-8-16-12(17-10)9-4-6-11(7-5-9)18-13(14)15/h4-7,13H,2-3,8H2,1H3. The summed E-state index contributed by atoms with van der Waals surface area (Å²) in [5, 5.41) is 0. The molecule has 0 atom stereocenters. The highest BCUT2D eigenvalue weighted by Crippen LogP contribution is 2.17. The highest BCUT2D eigenvalue weighted by atomic mass is 19.3. The maximum absolute atomic E-state index is 12.0. The van der Waals surface area contributed by atoms with Gasteiger partial charge in [0, 0.05) is 11.3 Å². The van der Waals surface area contributed by atoms with Crippen molar-refractivity contribution in [3.05, 3.63) is 29.8 Å². The predicted molar refractivity (Wildman–Crippen MR) is 66.8 cm³/mol. The van der Waals surface area contributed by atoms with E-state index in [-0.39, 0.29) is 5.75 Å². The van der Waals surface area contributed by atoms with Crippen molar-refractivity contribution in [3.8, 4) is 5.75 Å². The highest BCUT2D eigenvalue weighted by molar-refractivity contribution is 6.11. The van der Waals surface area contributed by atoms with Crippen LogP contribution < -0.4 is 4.74 Å². The molecule has 0 saturated carbocycles. The van der Waals surface area contributed by atoms with E-state index >= 15 is 0 Å². The van der Waals surface area contributed by atoms with Gasteiger partial charge in [-0.1, -0.05) is 13.3 Å². The van der Waals surface area contributed by atoms with E-state index < -0.39 is 6.61 Å². The first-order valence-corrected chi connectivity index (χ1v) is 5.85. The van der Waals surface area contributed by atoms with Crippen molar-refractivity contribution in [2.75, 3.05) is 6.54 Å². The van der Waals surface area contributed by atoms with Gasteiger partial charge >= 0.3 is 6.61 Å². The summed E-state index contributed by atoms with van der Waals surface area (Å²) in [5.41, 5.74) is 1.89. The molecule has 0 bridgehead atoms. The molecular formula is C13H14F2N2O. The average Bonchev–Trinajstić information content (AvgIpc) is 2.78. The fraction of sp³-hybridized carbons (Fsp3) is 0.385. The lowest BCUT2D eigenvalue weighted by molar-refractivity contribution is -0.0498. The number of nitrogens with zero attached hydrogens (tertiary/aromatic N) is 2. The summed E-state index contributed by atoms with van der Waals surface area (Å²) in [5.74, 6) is 0.812. The van der Waals surface area contributed by atoms with Crippen LogP contribution in [0.1, 0.15) is 25.3 Å². The summed E-state index contributed by atoms with van der Waals surface area (Å²) in [6.07, 6.45) is 1.99. The third-order valence-corrected chi connectivity index (χ3v) is 2.55. The molecule has 0 radical (unpaired) electrons. The lowest BCUT2D eigenvalue weighted by atomic mass is 10.2. The number of hydrogen-bond acceptors (Lipinski definition) is 3. The summed E-state index contributed by atoms with van der Waals surface area (Å²) >= 11 is 0. The molecule has 0 spiro atoms. The van der Waals surface area contributed by atoms with Gasteiger partial charge in [0.1, 0.15) is 5.75 Å². The van der Waals surface area contributed by atoms with Gasteiger partial charge < -0.3 is 4.74 Å². The zero-order valence-electron chi connectivity index (χ0n) is 10.1. The maximum Gasteiger partial charge on any atom is 0.387 e. The van der Waals surface area contributed by atoms with Gasteiger partial charge in [-0.05, 0) is 30.7 Å². The first kappa shape index (κ1) is 12.7. The zero-order chi connectivity index (χ0) is 13.0. The molecule has 0 amide bonds. The molecule has 1 aromatic rings. The topological polar surface area (TPSA) is 34.0 Å². The molecule has 5 heteroatoms. The lowest BCUT2D eigenvalue weighted by Gasteiger charge is -2.04. The van der Waals surface area contributed by atoms with Crippen molar-refractivity contribution in [2.24, 2.45) is 9.98 Å². The number of rotatable bonds is 5. The molecule has 0 aliphatic carbocycles. The van der Waals surface area contributed by atoms with Gasteiger partial charge in [0.2, 0.25) is 0 Å². The van der Waals surface area contributed by atoms with E-state index in [0.29, 0.717) is 12.4 Å². The summed E-state index contributed by atoms with van der Waals surface area (Å²) in [4.78, 5) is 8.74. The van der Waals surface area contributed by atoms with E-state index in [9.17, 15) is 8.78 Å². The molecule has 1 aliphatic heterocycles. The Balaban J connectivity index is 2.07. The second kappa shape index (κ2) is 5.71. The second-order valence-electron chi connectivity index (χ2n) is 3.97. The first-order valence-electron chi connectivity index (χ1n) is 5.85. The van der Waals surface area contributed by atoms with Gasteiger partial charge in [0.15, 0.2) is 5.84 Å². The van der Waals surface area contributed by atoms with E-state index in [1.54, 1.807) is 12.1 Å². The van der Waals surface area contributed by atoms with Gasteiger partial charge in [-0.25, -0.2) is 4.99 Å². The van der Waals surface area contributed by atoms with E-state index in [2.05, 4.69) is 21.6 Å². The summed E-state index contributed by atoms with van der Waals surface area (Å²) in [6.45, 7) is -0.0658. The number of hydrogen-bond donors (Lipinski definition) is 0. The molecule has 1 aromatic carbocycles. The molecule has 1 heterocycles. The third kappa shape index (κ3) is 3.12. The molecular weight excluding hydrogens is 238 g/mol. The van der Waals surface area contributed by atoms with Crippen LogP contribution in [0, 0.1) is 0 Å². The largest absolute Gasteiger partial charge is 0.435 e. The summed E-state index contributed by atoms with van der Waals surface area (Å²) in [7, 11) is 0. The van der Waals surface area contributed by atoms with Crippen molar-refractivity contribution >= 4 is 11.5 Å². The Bertz CT molecular complexity index is 466. The first-order chi connectivity index (χ1) is 8.69. The van der Waals surface area contributed by atoms with Crippen molar-refractivity contribution in [2.45, 2.75) is 26.4 Å². The predicted octanol–water partition coefficient (Wildman–Crippen LogP) is 3.29. The second-order valence-corrected chi connectivity index (χ2v) is 3.97. The molecule has 0 N–H and O–H groups in total. The molecule has 0 fully saturated rings. The van der Waals surface area contributed by atoms with Crippen LogP contribution in [0.25, 0.3) is 0 Å². The number of benzene rings is 1. The fourth-order valence-electron chi connectivity index (χ4n) is 1.75. The Hall–Kier alpha value is -1.78. The Labute approximate surface area is 104 Å². The monoisotopic (exact) mass is 252 g/mol. The van der Waals surface area contributed by atoms with E-state index in [1.807, 2.05) is 0 Å². The molecule has 0 aromatic heterocycles. The van der Waals surface area contributed by atoms with Gasteiger partial charge in [0.25, 0.3) is 0 Å². The Morgan fingerprint density at radius 3 is 2.61 bits per heavy atom. The van der Waals surface area contributed by atoms with Gasteiger partial charge in [-0.15, -0.1) is 0 Å². The third-order valence-electron chi connectivity index (χ3n) is 2.55. The maximum atomic E-state index is 12.0. The molecule has 2 rings (SSSR count). The van der Waals surface area contributed by atoms with E-state index in [4.69, 9.17) is 0 Å². The number of ether oxygens (including phenoxy) is 1. The Kier molecular flexibility index (Phi) is 4.02. The van der Waals surface area contributed by atoms with E-state index in [0.717, 1.165) is 24.1 Å². The van der Waals surface area contributed by atoms with Crippen molar-refractivity contribution in [3.63, 3.8) is 0 Å². The van der Waals surface area contributed by atoms with Gasteiger partial charge in [0.05, 0.1) is 6.54 Å². The Morgan fingerprint density at radius 1 is 1.28 bits per heavy atom. The minimum atomic E-state index is -2.80. The van der Waals surface area contributed by atoms with Crippen LogP contribution in [0.5, 0.6) is 5.75 Å². The number of amidine groups is 1. The molecule has 18 heavy (non-hydrogen) atoms. The van der Waals surface area contributed by atoms with Crippen LogP contribution in [-0.4, -0.2) is 24.7 Å². The highest BCUT2D eigenvalue weighted by Gasteiger charge is 2.11. The normalized spacial score (nSPS) is 14.7. The Morgan fingerprint density at radius 2 is 2.00 bits per heavy atom. The van der Waals surface area contributed by atoms with Crippen molar-refractivity contribution in [1.82, 2.24) is 0 Å². The fourth-order valence-corrected chi connectivity index (χ4v) is 1.75. The van der Waals surface area contributed by atoms with Crippen molar-refractivity contribution in [1.29, 1.82) is 0 Å². The minimum absolute atomic E-state index is 0.144. The molecule has 0 unspecified atom stereocenters. The summed E-state index contributed by atoms with van der Waals surface area (Å²) in [6, 6.07) is 6.37. The minimum Gasteiger partial charge on any atom is -0.435 e. The molecule has 3 nitrogen and oxygen atoms in total. The van der Waals surface area contributed by atoms with Crippen LogP contribution in [0.15, 0.2) is 34.3 Å². The van der Waals surface area contributed by atoms with Gasteiger partial charge in [-0.3, -0.25) is 4.99 Å². The van der Waals surface area contributed by atoms with Crippen LogP contribution in [0.4, 0.5) is 8.78 Å². The van der Waals surface area contributed by atoms with Crippen LogP contribution >= 0.6 is 0 Å². The van der Waals surface area contributed by atoms with Gasteiger partial charge in [-0.2, -0.15) is 8.78 Å². The number of halogens is 2. The smallest absolute Gasteiger partial charge is 0.387 e. The molecule has 1 aliphatic rings. The zero-order valence-corrected chi connectivity index (χ0v) is 10.1. The average molecular weight is 252 g/mol.